The zero-order valence-corrected chi connectivity index (χ0v) is 11.5. The van der Waals surface area contributed by atoms with Gasteiger partial charge in [-0.2, -0.15) is 0 Å². The van der Waals surface area contributed by atoms with E-state index in [0.29, 0.717) is 5.78 Å². The minimum atomic E-state index is 0.143. The number of allylic oxidation sites excluding steroid dienone is 1. The molecule has 0 unspecified atom stereocenters. The predicted octanol–water partition coefficient (Wildman–Crippen LogP) is 4.54. The molecular weight excluding hydrogens is 244 g/mol. The lowest BCUT2D eigenvalue weighted by atomic mass is 9.81. The van der Waals surface area contributed by atoms with E-state index >= 15 is 0 Å². The molecule has 0 aromatic heterocycles. The Labute approximate surface area is 120 Å². The molecule has 0 bridgehead atoms. The average molecular weight is 262 g/mol. The molecule has 0 fully saturated rings. The summed E-state index contributed by atoms with van der Waals surface area (Å²) in [6.07, 6.45) is 7.06. The quantitative estimate of drug-likeness (QED) is 0.794. The van der Waals surface area contributed by atoms with E-state index < -0.39 is 0 Å². The Morgan fingerprint density at radius 3 is 2.60 bits per heavy atom. The number of hydrogen-bond donors (Lipinski definition) is 0. The van der Waals surface area contributed by atoms with Gasteiger partial charge in [-0.1, -0.05) is 66.7 Å². The highest BCUT2D eigenvalue weighted by Gasteiger charge is 2.25. The number of hydrogen-bond acceptors (Lipinski definition) is 1. The van der Waals surface area contributed by atoms with Gasteiger partial charge in [0, 0.05) is 11.5 Å². The summed E-state index contributed by atoms with van der Waals surface area (Å²) in [6, 6.07) is 18.2. The molecule has 1 aliphatic rings. The van der Waals surface area contributed by atoms with Gasteiger partial charge < -0.3 is 0 Å². The largest absolute Gasteiger partial charge is 0.294 e. The molecule has 1 aliphatic carbocycles. The Morgan fingerprint density at radius 1 is 1.00 bits per heavy atom. The van der Waals surface area contributed by atoms with E-state index in [9.17, 15) is 4.79 Å². The average Bonchev–Trinajstić information content (AvgIpc) is 2.51. The zero-order valence-electron chi connectivity index (χ0n) is 11.5. The van der Waals surface area contributed by atoms with E-state index in [-0.39, 0.29) is 5.92 Å². The standard InChI is InChI=1S/C19H18O/c20-19-17(11-6-9-15-7-2-1-3-8-15)14-13-16-10-4-5-12-18(16)19/h1-10,12,17H,11,13-14H2/b9-6+/t17-/m1/s1. The van der Waals surface area contributed by atoms with E-state index in [1.807, 2.05) is 36.4 Å². The molecular formula is C19H18O. The topological polar surface area (TPSA) is 17.1 Å². The van der Waals surface area contributed by atoms with Crippen LogP contribution in [0.5, 0.6) is 0 Å². The molecule has 1 atom stereocenters. The van der Waals surface area contributed by atoms with Gasteiger partial charge in [0.2, 0.25) is 0 Å². The fraction of sp³-hybridized carbons (Fsp3) is 0.211. The van der Waals surface area contributed by atoms with Gasteiger partial charge >= 0.3 is 0 Å². The second-order valence-corrected chi connectivity index (χ2v) is 5.31. The number of carbonyl (C=O) groups is 1. The van der Waals surface area contributed by atoms with Crippen LogP contribution in [0.25, 0.3) is 6.08 Å². The van der Waals surface area contributed by atoms with Crippen molar-refractivity contribution in [2.75, 3.05) is 0 Å². The van der Waals surface area contributed by atoms with Gasteiger partial charge in [0.25, 0.3) is 0 Å². The first kappa shape index (κ1) is 12.9. The Bertz CT molecular complexity index is 625. The molecule has 0 N–H and O–H groups in total. The van der Waals surface area contributed by atoms with Crippen molar-refractivity contribution in [3.05, 3.63) is 77.4 Å². The second-order valence-electron chi connectivity index (χ2n) is 5.31. The predicted molar refractivity (Wildman–Crippen MR) is 82.7 cm³/mol. The molecule has 0 aliphatic heterocycles. The fourth-order valence-electron chi connectivity index (χ4n) is 2.82. The Hall–Kier alpha value is -2.15. The number of fused-ring (bicyclic) bond motifs is 1. The third kappa shape index (κ3) is 2.72. The van der Waals surface area contributed by atoms with Crippen LogP contribution in [0.15, 0.2) is 60.7 Å². The summed E-state index contributed by atoms with van der Waals surface area (Å²) >= 11 is 0. The van der Waals surface area contributed by atoms with E-state index in [2.05, 4.69) is 30.4 Å². The molecule has 0 radical (unpaired) electrons. The van der Waals surface area contributed by atoms with Gasteiger partial charge in [0.05, 0.1) is 0 Å². The van der Waals surface area contributed by atoms with Gasteiger partial charge in [-0.25, -0.2) is 0 Å². The van der Waals surface area contributed by atoms with Gasteiger partial charge in [0.15, 0.2) is 5.78 Å². The molecule has 100 valence electrons. The van der Waals surface area contributed by atoms with Crippen molar-refractivity contribution in [3.8, 4) is 0 Å². The van der Waals surface area contributed by atoms with E-state index in [1.165, 1.54) is 11.1 Å². The van der Waals surface area contributed by atoms with Gasteiger partial charge in [0.1, 0.15) is 0 Å². The number of ketones is 1. The Balaban J connectivity index is 1.68. The van der Waals surface area contributed by atoms with Crippen molar-refractivity contribution in [3.63, 3.8) is 0 Å². The van der Waals surface area contributed by atoms with Crippen LogP contribution < -0.4 is 0 Å². The molecule has 1 nitrogen and oxygen atoms in total. The van der Waals surface area contributed by atoms with Crippen molar-refractivity contribution in [2.45, 2.75) is 19.3 Å². The summed E-state index contributed by atoms with van der Waals surface area (Å²) < 4.78 is 0. The van der Waals surface area contributed by atoms with Crippen LogP contribution >= 0.6 is 0 Å². The summed E-state index contributed by atoms with van der Waals surface area (Å²) in [5.74, 6) is 0.453. The Kier molecular flexibility index (Phi) is 3.78. The fourth-order valence-corrected chi connectivity index (χ4v) is 2.82. The monoisotopic (exact) mass is 262 g/mol. The van der Waals surface area contributed by atoms with Gasteiger partial charge in [-0.3, -0.25) is 4.79 Å². The minimum Gasteiger partial charge on any atom is -0.294 e. The van der Waals surface area contributed by atoms with Crippen molar-refractivity contribution < 1.29 is 4.79 Å². The maximum Gasteiger partial charge on any atom is 0.166 e. The van der Waals surface area contributed by atoms with Crippen LogP contribution in [-0.2, 0) is 6.42 Å². The SMILES string of the molecule is O=C1c2ccccc2CC[C@H]1C/C=C/c1ccccc1. The highest BCUT2D eigenvalue weighted by atomic mass is 16.1. The molecule has 20 heavy (non-hydrogen) atoms. The van der Waals surface area contributed by atoms with Gasteiger partial charge in [-0.05, 0) is 30.4 Å². The lowest BCUT2D eigenvalue weighted by Gasteiger charge is -2.22. The summed E-state index contributed by atoms with van der Waals surface area (Å²) in [7, 11) is 0. The van der Waals surface area contributed by atoms with Crippen LogP contribution in [0.2, 0.25) is 0 Å². The lowest BCUT2D eigenvalue weighted by Crippen LogP contribution is -2.21. The first-order valence-corrected chi connectivity index (χ1v) is 7.18. The third-order valence-electron chi connectivity index (χ3n) is 3.95. The molecule has 0 spiro atoms. The molecule has 3 rings (SSSR count). The van der Waals surface area contributed by atoms with Crippen molar-refractivity contribution >= 4 is 11.9 Å². The summed E-state index contributed by atoms with van der Waals surface area (Å²) in [4.78, 5) is 12.4. The van der Waals surface area contributed by atoms with Crippen molar-refractivity contribution in [2.24, 2.45) is 5.92 Å². The van der Waals surface area contributed by atoms with Crippen molar-refractivity contribution in [1.29, 1.82) is 0 Å². The molecule has 2 aromatic rings. The maximum absolute atomic E-state index is 12.4. The first-order chi connectivity index (χ1) is 9.84. The van der Waals surface area contributed by atoms with E-state index in [4.69, 9.17) is 0 Å². The van der Waals surface area contributed by atoms with Crippen LogP contribution in [0.3, 0.4) is 0 Å². The highest BCUT2D eigenvalue weighted by molar-refractivity contribution is 6.00. The molecule has 0 amide bonds. The normalized spacial score (nSPS) is 18.2. The van der Waals surface area contributed by atoms with Gasteiger partial charge in [-0.15, -0.1) is 0 Å². The Morgan fingerprint density at radius 2 is 1.75 bits per heavy atom. The zero-order chi connectivity index (χ0) is 13.8. The smallest absolute Gasteiger partial charge is 0.166 e. The van der Waals surface area contributed by atoms with Crippen LogP contribution in [0.4, 0.5) is 0 Å². The molecule has 0 saturated carbocycles. The summed E-state index contributed by atoms with van der Waals surface area (Å²) in [5, 5.41) is 0. The molecule has 0 saturated heterocycles. The van der Waals surface area contributed by atoms with E-state index in [0.717, 1.165) is 24.8 Å². The van der Waals surface area contributed by atoms with Crippen molar-refractivity contribution in [1.82, 2.24) is 0 Å². The second kappa shape index (κ2) is 5.87. The minimum absolute atomic E-state index is 0.143. The molecule has 0 heterocycles. The first-order valence-electron chi connectivity index (χ1n) is 7.18. The molecule has 1 heteroatoms. The van der Waals surface area contributed by atoms with Crippen LogP contribution in [0, 0.1) is 5.92 Å². The lowest BCUT2D eigenvalue weighted by molar-refractivity contribution is 0.0903. The highest BCUT2D eigenvalue weighted by Crippen LogP contribution is 2.27. The third-order valence-corrected chi connectivity index (χ3v) is 3.95. The van der Waals surface area contributed by atoms with E-state index in [1.54, 1.807) is 0 Å². The number of rotatable bonds is 3. The number of aryl methyl sites for hydroxylation is 1. The summed E-state index contributed by atoms with van der Waals surface area (Å²) in [6.45, 7) is 0. The van der Waals surface area contributed by atoms with Crippen LogP contribution in [-0.4, -0.2) is 5.78 Å². The maximum atomic E-state index is 12.4. The number of benzene rings is 2. The summed E-state index contributed by atoms with van der Waals surface area (Å²) in [5.41, 5.74) is 3.33. The van der Waals surface area contributed by atoms with Crippen LogP contribution in [0.1, 0.15) is 34.3 Å². The number of Topliss-reactive ketones (excluding diaryl/α,β-unsaturated/α-hetero) is 1. The number of carbonyl (C=O) groups excluding carboxylic acids is 1. The molecule has 2 aromatic carbocycles.